The molecule has 1 saturated heterocycles. The average Bonchev–Trinajstić information content (AvgIpc) is 2.84. The molecule has 0 bridgehead atoms. The van der Waals surface area contributed by atoms with Crippen LogP contribution in [0.3, 0.4) is 0 Å². The molecule has 1 fully saturated rings. The predicted molar refractivity (Wildman–Crippen MR) is 80.9 cm³/mol. The van der Waals surface area contributed by atoms with Crippen molar-refractivity contribution >= 4 is 17.9 Å². The lowest BCUT2D eigenvalue weighted by Crippen LogP contribution is -2.40. The van der Waals surface area contributed by atoms with Gasteiger partial charge in [-0.15, -0.1) is 11.8 Å². The first-order valence-electron chi connectivity index (χ1n) is 6.99. The quantitative estimate of drug-likeness (QED) is 0.799. The highest BCUT2D eigenvalue weighted by atomic mass is 32.2. The van der Waals surface area contributed by atoms with Crippen molar-refractivity contribution in [2.45, 2.75) is 50.3 Å². The Morgan fingerprint density at radius 3 is 2.95 bits per heavy atom. The van der Waals surface area contributed by atoms with Crippen molar-refractivity contribution in [2.75, 3.05) is 12.3 Å². The van der Waals surface area contributed by atoms with Crippen LogP contribution in [0.5, 0.6) is 0 Å². The first kappa shape index (κ1) is 15.2. The van der Waals surface area contributed by atoms with Crippen molar-refractivity contribution in [3.8, 4) is 0 Å². The minimum Gasteiger partial charge on any atom is -0.444 e. The molecule has 2 heterocycles. The van der Waals surface area contributed by atoms with Crippen molar-refractivity contribution in [2.24, 2.45) is 0 Å². The maximum absolute atomic E-state index is 12.2. The second kappa shape index (κ2) is 6.48. The Bertz CT molecular complexity index is 445. The molecule has 1 aliphatic rings. The standard InChI is InChI=1S/C15H22N2O2S/c1-15(2,3)19-14(18)17-10-6-7-12(17)11-20-13-8-4-5-9-16-13/h4-5,8-9,12H,6-7,10-11H2,1-3H3/t12-/m0/s1. The van der Waals surface area contributed by atoms with Crippen LogP contribution in [0.4, 0.5) is 4.79 Å². The van der Waals surface area contributed by atoms with Crippen LogP contribution in [0, 0.1) is 0 Å². The van der Waals surface area contributed by atoms with Gasteiger partial charge in [0.2, 0.25) is 0 Å². The molecule has 5 heteroatoms. The van der Waals surface area contributed by atoms with Gasteiger partial charge in [0.25, 0.3) is 0 Å². The van der Waals surface area contributed by atoms with E-state index in [1.807, 2.05) is 43.9 Å². The van der Waals surface area contributed by atoms with Crippen LogP contribution in [0.1, 0.15) is 33.6 Å². The Morgan fingerprint density at radius 2 is 2.30 bits per heavy atom. The van der Waals surface area contributed by atoms with Gasteiger partial charge in [0, 0.05) is 24.5 Å². The van der Waals surface area contributed by atoms with E-state index >= 15 is 0 Å². The number of aromatic nitrogens is 1. The number of hydrogen-bond acceptors (Lipinski definition) is 4. The lowest BCUT2D eigenvalue weighted by molar-refractivity contribution is 0.0242. The van der Waals surface area contributed by atoms with Crippen molar-refractivity contribution in [3.63, 3.8) is 0 Å². The Kier molecular flexibility index (Phi) is 4.91. The van der Waals surface area contributed by atoms with E-state index < -0.39 is 5.60 Å². The van der Waals surface area contributed by atoms with E-state index in [4.69, 9.17) is 4.74 Å². The number of carbonyl (C=O) groups is 1. The zero-order valence-corrected chi connectivity index (χ0v) is 13.2. The van der Waals surface area contributed by atoms with Crippen LogP contribution in [-0.4, -0.2) is 39.9 Å². The van der Waals surface area contributed by atoms with Crippen molar-refractivity contribution < 1.29 is 9.53 Å². The zero-order valence-electron chi connectivity index (χ0n) is 12.3. The van der Waals surface area contributed by atoms with Crippen molar-refractivity contribution in [1.29, 1.82) is 0 Å². The van der Waals surface area contributed by atoms with Crippen LogP contribution in [0.2, 0.25) is 0 Å². The van der Waals surface area contributed by atoms with Crippen LogP contribution in [0.25, 0.3) is 0 Å². The van der Waals surface area contributed by atoms with Crippen LogP contribution < -0.4 is 0 Å². The molecule has 1 aliphatic heterocycles. The Labute approximate surface area is 124 Å². The van der Waals surface area contributed by atoms with Crippen molar-refractivity contribution in [1.82, 2.24) is 9.88 Å². The van der Waals surface area contributed by atoms with Gasteiger partial charge in [-0.05, 0) is 45.7 Å². The van der Waals surface area contributed by atoms with E-state index in [0.29, 0.717) is 0 Å². The van der Waals surface area contributed by atoms with E-state index in [1.165, 1.54) is 0 Å². The molecule has 0 spiro atoms. The third-order valence-corrected chi connectivity index (χ3v) is 4.16. The monoisotopic (exact) mass is 294 g/mol. The molecule has 110 valence electrons. The molecular weight excluding hydrogens is 272 g/mol. The summed E-state index contributed by atoms with van der Waals surface area (Å²) in [5, 5.41) is 1.00. The highest BCUT2D eigenvalue weighted by Gasteiger charge is 2.32. The summed E-state index contributed by atoms with van der Waals surface area (Å²) in [5.74, 6) is 0.871. The summed E-state index contributed by atoms with van der Waals surface area (Å²) in [5.41, 5.74) is -0.432. The predicted octanol–water partition coefficient (Wildman–Crippen LogP) is 3.57. The van der Waals surface area contributed by atoms with Gasteiger partial charge in [-0.1, -0.05) is 6.07 Å². The molecule has 0 aliphatic carbocycles. The van der Waals surface area contributed by atoms with E-state index in [1.54, 1.807) is 18.0 Å². The fourth-order valence-corrected chi connectivity index (χ4v) is 3.20. The zero-order chi connectivity index (χ0) is 14.6. The molecule has 20 heavy (non-hydrogen) atoms. The first-order chi connectivity index (χ1) is 9.46. The Balaban J connectivity index is 1.89. The van der Waals surface area contributed by atoms with Gasteiger partial charge in [0.15, 0.2) is 0 Å². The SMILES string of the molecule is CC(C)(C)OC(=O)N1CCC[C@H]1CSc1ccccn1. The second-order valence-electron chi connectivity index (χ2n) is 5.95. The molecule has 2 rings (SSSR count). The van der Waals surface area contributed by atoms with Crippen LogP contribution in [-0.2, 0) is 4.74 Å². The summed E-state index contributed by atoms with van der Waals surface area (Å²) in [6, 6.07) is 6.14. The lowest BCUT2D eigenvalue weighted by atomic mass is 10.2. The largest absolute Gasteiger partial charge is 0.444 e. The van der Waals surface area contributed by atoms with E-state index in [2.05, 4.69) is 4.98 Å². The number of nitrogens with zero attached hydrogens (tertiary/aromatic N) is 2. The summed E-state index contributed by atoms with van der Waals surface area (Å²) in [6.07, 6.45) is 3.69. The maximum Gasteiger partial charge on any atom is 0.410 e. The van der Waals surface area contributed by atoms with Crippen molar-refractivity contribution in [3.05, 3.63) is 24.4 Å². The third kappa shape index (κ3) is 4.40. The van der Waals surface area contributed by atoms with E-state index in [-0.39, 0.29) is 12.1 Å². The average molecular weight is 294 g/mol. The van der Waals surface area contributed by atoms with E-state index in [0.717, 1.165) is 30.2 Å². The second-order valence-corrected chi connectivity index (χ2v) is 6.99. The Morgan fingerprint density at radius 1 is 1.50 bits per heavy atom. The number of amides is 1. The molecule has 1 atom stereocenters. The first-order valence-corrected chi connectivity index (χ1v) is 7.98. The number of rotatable bonds is 3. The fraction of sp³-hybridized carbons (Fsp3) is 0.600. The molecule has 0 saturated carbocycles. The van der Waals surface area contributed by atoms with Gasteiger partial charge in [-0.25, -0.2) is 9.78 Å². The molecule has 0 N–H and O–H groups in total. The maximum atomic E-state index is 12.2. The molecule has 1 amide bonds. The molecule has 0 unspecified atom stereocenters. The number of hydrogen-bond donors (Lipinski definition) is 0. The molecule has 4 nitrogen and oxygen atoms in total. The van der Waals surface area contributed by atoms with Gasteiger partial charge in [-0.3, -0.25) is 0 Å². The molecule has 0 aromatic carbocycles. The topological polar surface area (TPSA) is 42.4 Å². The number of pyridine rings is 1. The van der Waals surface area contributed by atoms with E-state index in [9.17, 15) is 4.79 Å². The molecule has 0 radical (unpaired) electrons. The highest BCUT2D eigenvalue weighted by Crippen LogP contribution is 2.26. The number of ether oxygens (including phenoxy) is 1. The molecule has 1 aromatic heterocycles. The lowest BCUT2D eigenvalue weighted by Gasteiger charge is -2.28. The third-order valence-electron chi connectivity index (χ3n) is 3.07. The number of thioether (sulfide) groups is 1. The summed E-state index contributed by atoms with van der Waals surface area (Å²) in [6.45, 7) is 6.50. The Hall–Kier alpha value is -1.23. The van der Waals surface area contributed by atoms with Gasteiger partial charge in [-0.2, -0.15) is 0 Å². The van der Waals surface area contributed by atoms with Gasteiger partial charge >= 0.3 is 6.09 Å². The smallest absolute Gasteiger partial charge is 0.410 e. The van der Waals surface area contributed by atoms with Gasteiger partial charge in [0.1, 0.15) is 5.60 Å². The summed E-state index contributed by atoms with van der Waals surface area (Å²) in [4.78, 5) is 18.3. The summed E-state index contributed by atoms with van der Waals surface area (Å²) >= 11 is 1.70. The summed E-state index contributed by atoms with van der Waals surface area (Å²) < 4.78 is 5.47. The minimum atomic E-state index is -0.432. The molecule has 1 aromatic rings. The fourth-order valence-electron chi connectivity index (χ4n) is 2.18. The van der Waals surface area contributed by atoms with Crippen LogP contribution >= 0.6 is 11.8 Å². The highest BCUT2D eigenvalue weighted by molar-refractivity contribution is 7.99. The number of carbonyl (C=O) groups excluding carboxylic acids is 1. The van der Waals surface area contributed by atoms with Crippen LogP contribution in [0.15, 0.2) is 29.4 Å². The van der Waals surface area contributed by atoms with Gasteiger partial charge < -0.3 is 9.64 Å². The molecular formula is C15H22N2O2S. The summed E-state index contributed by atoms with van der Waals surface area (Å²) in [7, 11) is 0. The minimum absolute atomic E-state index is 0.193. The normalized spacial score (nSPS) is 19.1. The number of likely N-dealkylation sites (tertiary alicyclic amines) is 1. The van der Waals surface area contributed by atoms with Gasteiger partial charge in [0.05, 0.1) is 5.03 Å².